The average molecular weight is 566 g/mol. The molecule has 1 aliphatic rings. The van der Waals surface area contributed by atoms with Crippen LogP contribution < -0.4 is 10.6 Å². The molecule has 2 aromatic rings. The van der Waals surface area contributed by atoms with Crippen LogP contribution in [0.3, 0.4) is 0 Å². The van der Waals surface area contributed by atoms with Crippen LogP contribution in [0.1, 0.15) is 25.0 Å². The first-order valence-corrected chi connectivity index (χ1v) is 14.8. The van der Waals surface area contributed by atoms with Crippen LogP contribution in [-0.2, 0) is 27.8 Å². The lowest BCUT2D eigenvalue weighted by atomic mass is 10.0. The minimum atomic E-state index is -3.97. The Balaban J connectivity index is 1.76. The number of nitrogens with zero attached hydrogens (tertiary/aromatic N) is 1. The van der Waals surface area contributed by atoms with Gasteiger partial charge >= 0.3 is 6.09 Å². The lowest BCUT2D eigenvalue weighted by Crippen LogP contribution is -2.51. The number of sulfonamides is 1. The van der Waals surface area contributed by atoms with Gasteiger partial charge in [0.25, 0.3) is 5.24 Å². The maximum absolute atomic E-state index is 13.5. The molecule has 0 spiro atoms. The van der Waals surface area contributed by atoms with Crippen LogP contribution in [0.5, 0.6) is 0 Å². The minimum Gasteiger partial charge on any atom is -0.447 e. The zero-order chi connectivity index (χ0) is 27.7. The minimum absolute atomic E-state index is 0.0174. The van der Waals surface area contributed by atoms with Gasteiger partial charge < -0.3 is 25.6 Å². The van der Waals surface area contributed by atoms with E-state index >= 15 is 0 Å². The number of carbonyl (C=O) groups excluding carboxylic acids is 2. The van der Waals surface area contributed by atoms with Crippen LogP contribution in [0.4, 0.5) is 9.59 Å². The number of thioether (sulfide) groups is 1. The molecule has 1 unspecified atom stereocenters. The van der Waals surface area contributed by atoms with E-state index in [4.69, 9.17) is 4.74 Å². The van der Waals surface area contributed by atoms with Crippen molar-refractivity contribution in [2.45, 2.75) is 50.0 Å². The number of nitrogens with one attached hydrogen (secondary N) is 2. The number of carbonyl (C=O) groups is 2. The highest BCUT2D eigenvalue weighted by Gasteiger charge is 2.32. The molecule has 0 bridgehead atoms. The highest BCUT2D eigenvalue weighted by atomic mass is 32.2. The van der Waals surface area contributed by atoms with E-state index in [9.17, 15) is 28.2 Å². The first kappa shape index (κ1) is 29.9. The molecule has 3 atom stereocenters. The largest absolute Gasteiger partial charge is 0.447 e. The van der Waals surface area contributed by atoms with Crippen molar-refractivity contribution in [3.63, 3.8) is 0 Å². The Morgan fingerprint density at radius 2 is 1.82 bits per heavy atom. The van der Waals surface area contributed by atoms with Crippen molar-refractivity contribution in [1.82, 2.24) is 14.9 Å². The molecule has 3 rings (SSSR count). The second-order valence-electron chi connectivity index (χ2n) is 9.56. The Hall–Kier alpha value is -2.64. The maximum Gasteiger partial charge on any atom is 0.407 e. The first-order chi connectivity index (χ1) is 18.1. The molecule has 0 aliphatic carbocycles. The molecule has 0 radical (unpaired) electrons. The third kappa shape index (κ3) is 8.70. The second kappa shape index (κ2) is 13.9. The Bertz CT molecular complexity index is 1160. The quantitative estimate of drug-likeness (QED) is 0.290. The van der Waals surface area contributed by atoms with Crippen molar-refractivity contribution >= 4 is 33.1 Å². The first-order valence-electron chi connectivity index (χ1n) is 12.4. The third-order valence-electron chi connectivity index (χ3n) is 5.92. The zero-order valence-electron chi connectivity index (χ0n) is 21.4. The van der Waals surface area contributed by atoms with Gasteiger partial charge in [0.05, 0.1) is 29.7 Å². The summed E-state index contributed by atoms with van der Waals surface area (Å²) in [6, 6.07) is 14.0. The monoisotopic (exact) mass is 565 g/mol. The number of rotatable bonds is 13. The highest BCUT2D eigenvalue weighted by molar-refractivity contribution is 8.14. The molecular formula is C26H35N3O7S2. The second-order valence-corrected chi connectivity index (χ2v) is 12.5. The van der Waals surface area contributed by atoms with Gasteiger partial charge in [-0.25, -0.2) is 13.2 Å². The summed E-state index contributed by atoms with van der Waals surface area (Å²) >= 11 is 1.12. The number of aliphatic hydroxyl groups excluding tert-OH is 2. The molecular weight excluding hydrogens is 530 g/mol. The molecule has 2 aromatic carbocycles. The van der Waals surface area contributed by atoms with E-state index in [1.807, 2.05) is 44.2 Å². The standard InChI is InChI=1S/C26H35N3O7S2/c1-18(2)13-29(38(34,35)22-10-8-20(15-30)9-11-22)14-24(31)23(12-19-6-4-3-5-7-19)28-25(32)36-16-21-17-37-26(33)27-21/h3-11,18,21,23-24,30-31H,12-17H2,1-2H3,(H,27,33)(H,28,32)/t21?,23-,24+/m0/s1. The topological polar surface area (TPSA) is 145 Å². The number of hydrogen-bond acceptors (Lipinski definition) is 8. The summed E-state index contributed by atoms with van der Waals surface area (Å²) in [6.45, 7) is 3.43. The number of benzene rings is 2. The van der Waals surface area contributed by atoms with Gasteiger partial charge in [0, 0.05) is 18.8 Å². The fraction of sp³-hybridized carbons (Fsp3) is 0.462. The number of hydrogen-bond donors (Lipinski definition) is 4. The van der Waals surface area contributed by atoms with E-state index < -0.39 is 28.3 Å². The number of alkyl carbamates (subject to hydrolysis) is 1. The molecule has 1 fully saturated rings. The number of aliphatic hydroxyl groups is 2. The molecule has 4 N–H and O–H groups in total. The van der Waals surface area contributed by atoms with E-state index in [1.54, 1.807) is 0 Å². The van der Waals surface area contributed by atoms with E-state index in [2.05, 4.69) is 10.6 Å². The van der Waals surface area contributed by atoms with E-state index in [-0.39, 0.29) is 54.8 Å². The van der Waals surface area contributed by atoms with Crippen LogP contribution in [0.15, 0.2) is 59.5 Å². The van der Waals surface area contributed by atoms with Crippen molar-refractivity contribution in [3.8, 4) is 0 Å². The zero-order valence-corrected chi connectivity index (χ0v) is 23.1. The van der Waals surface area contributed by atoms with Crippen LogP contribution in [0.25, 0.3) is 0 Å². The van der Waals surface area contributed by atoms with Crippen LogP contribution in [0.2, 0.25) is 0 Å². The van der Waals surface area contributed by atoms with Gasteiger partial charge in [-0.2, -0.15) is 4.31 Å². The maximum atomic E-state index is 13.5. The molecule has 10 nitrogen and oxygen atoms in total. The fourth-order valence-electron chi connectivity index (χ4n) is 3.97. The highest BCUT2D eigenvalue weighted by Crippen LogP contribution is 2.20. The Kier molecular flexibility index (Phi) is 11.0. The smallest absolute Gasteiger partial charge is 0.407 e. The fourth-order valence-corrected chi connectivity index (χ4v) is 6.37. The summed E-state index contributed by atoms with van der Waals surface area (Å²) in [5.74, 6) is 0.461. The molecule has 0 saturated carbocycles. The lowest BCUT2D eigenvalue weighted by Gasteiger charge is -2.30. The SMILES string of the molecule is CC(C)CN(C[C@@H](O)[C@H](Cc1ccccc1)NC(=O)OCC1CSC(=O)N1)S(=O)(=O)c1ccc(CO)cc1. The van der Waals surface area contributed by atoms with Gasteiger partial charge in [0.15, 0.2) is 0 Å². The van der Waals surface area contributed by atoms with E-state index in [1.165, 1.54) is 28.6 Å². The van der Waals surface area contributed by atoms with Crippen molar-refractivity contribution in [3.05, 3.63) is 65.7 Å². The predicted octanol–water partition coefficient (Wildman–Crippen LogP) is 2.35. The molecule has 208 valence electrons. The van der Waals surface area contributed by atoms with Gasteiger partial charge in [0.2, 0.25) is 10.0 Å². The summed E-state index contributed by atoms with van der Waals surface area (Å²) in [4.78, 5) is 24.0. The Labute approximate surface area is 227 Å². The molecule has 1 aliphatic heterocycles. The van der Waals surface area contributed by atoms with Gasteiger partial charge in [-0.1, -0.05) is 68.1 Å². The summed E-state index contributed by atoms with van der Waals surface area (Å²) in [7, 11) is -3.97. The van der Waals surface area contributed by atoms with Crippen LogP contribution >= 0.6 is 11.8 Å². The van der Waals surface area contributed by atoms with Gasteiger partial charge in [-0.05, 0) is 35.6 Å². The van der Waals surface area contributed by atoms with Crippen LogP contribution in [0, 0.1) is 5.92 Å². The third-order valence-corrected chi connectivity index (χ3v) is 8.72. The average Bonchev–Trinajstić information content (AvgIpc) is 3.32. The van der Waals surface area contributed by atoms with Crippen LogP contribution in [-0.4, -0.2) is 77.9 Å². The normalized spacial score (nSPS) is 17.3. The molecule has 1 heterocycles. The van der Waals surface area contributed by atoms with E-state index in [0.717, 1.165) is 17.3 Å². The van der Waals surface area contributed by atoms with Gasteiger partial charge in [-0.3, -0.25) is 4.79 Å². The molecule has 12 heteroatoms. The predicted molar refractivity (Wildman–Crippen MR) is 145 cm³/mol. The molecule has 38 heavy (non-hydrogen) atoms. The number of ether oxygens (including phenoxy) is 1. The van der Waals surface area contributed by atoms with E-state index in [0.29, 0.717) is 11.3 Å². The molecule has 1 saturated heterocycles. The van der Waals surface area contributed by atoms with Gasteiger partial charge in [-0.15, -0.1) is 0 Å². The molecule has 0 aromatic heterocycles. The summed E-state index contributed by atoms with van der Waals surface area (Å²) in [5.41, 5.74) is 1.43. The summed E-state index contributed by atoms with van der Waals surface area (Å²) in [5, 5.41) is 25.7. The molecule has 2 amide bonds. The van der Waals surface area contributed by atoms with Crippen molar-refractivity contribution < 1.29 is 33.0 Å². The Morgan fingerprint density at radius 3 is 2.39 bits per heavy atom. The Morgan fingerprint density at radius 1 is 1.13 bits per heavy atom. The summed E-state index contributed by atoms with van der Waals surface area (Å²) < 4.78 is 33.5. The van der Waals surface area contributed by atoms with Crippen molar-refractivity contribution in [2.24, 2.45) is 5.92 Å². The summed E-state index contributed by atoms with van der Waals surface area (Å²) in [6.07, 6.45) is -1.78. The van der Waals surface area contributed by atoms with Gasteiger partial charge in [0.1, 0.15) is 6.61 Å². The lowest BCUT2D eigenvalue weighted by molar-refractivity contribution is 0.0876. The van der Waals surface area contributed by atoms with Crippen molar-refractivity contribution in [2.75, 3.05) is 25.4 Å². The number of amides is 2. The van der Waals surface area contributed by atoms with Crippen molar-refractivity contribution in [1.29, 1.82) is 0 Å².